The predicted molar refractivity (Wildman–Crippen MR) is 50.2 cm³/mol. The monoisotopic (exact) mass is 183 g/mol. The lowest BCUT2D eigenvalue weighted by Crippen LogP contribution is -2.39. The molecule has 3 nitrogen and oxygen atoms in total. The highest BCUT2D eigenvalue weighted by atomic mass is 16.2. The first kappa shape index (κ1) is 10.2. The summed E-state index contributed by atoms with van der Waals surface area (Å²) in [6.07, 6.45) is 4.38. The molecule has 1 rings (SSSR count). The van der Waals surface area contributed by atoms with E-state index in [9.17, 15) is 9.59 Å². The Labute approximate surface area is 78.9 Å². The average molecular weight is 183 g/mol. The molecule has 0 aromatic carbocycles. The van der Waals surface area contributed by atoms with Gasteiger partial charge in [0.15, 0.2) is 0 Å². The number of nitrogens with one attached hydrogen (secondary N) is 1. The lowest BCUT2D eigenvalue weighted by Gasteiger charge is -2.11. The first-order valence-electron chi connectivity index (χ1n) is 4.96. The van der Waals surface area contributed by atoms with E-state index in [0.29, 0.717) is 0 Å². The molecule has 0 unspecified atom stereocenters. The Kier molecular flexibility index (Phi) is 3.46. The fourth-order valence-electron chi connectivity index (χ4n) is 1.59. The average Bonchev–Trinajstić information content (AvgIpc) is 2.55. The molecule has 1 fully saturated rings. The van der Waals surface area contributed by atoms with Crippen LogP contribution >= 0.6 is 0 Å². The molecule has 3 heteroatoms. The van der Waals surface area contributed by atoms with Gasteiger partial charge in [-0.05, 0) is 12.8 Å². The van der Waals surface area contributed by atoms with Crippen molar-refractivity contribution in [2.75, 3.05) is 0 Å². The minimum atomic E-state index is -0.401. The van der Waals surface area contributed by atoms with E-state index in [1.807, 2.05) is 0 Å². The molecular weight excluding hydrogens is 166 g/mol. The molecule has 0 bridgehead atoms. The predicted octanol–water partition coefficient (Wildman–Crippen LogP) is 1.27. The quantitative estimate of drug-likeness (QED) is 0.670. The molecule has 1 aliphatic carbocycles. The SMILES string of the molecule is CC(C)C(=O)C(=O)NC1CCCC1. The third-order valence-corrected chi connectivity index (χ3v) is 2.44. The summed E-state index contributed by atoms with van der Waals surface area (Å²) >= 11 is 0. The molecule has 1 N–H and O–H groups in total. The highest BCUT2D eigenvalue weighted by Crippen LogP contribution is 2.17. The third-order valence-electron chi connectivity index (χ3n) is 2.44. The van der Waals surface area contributed by atoms with E-state index in [1.165, 1.54) is 12.8 Å². The summed E-state index contributed by atoms with van der Waals surface area (Å²) in [5, 5.41) is 2.77. The van der Waals surface area contributed by atoms with Gasteiger partial charge in [-0.15, -0.1) is 0 Å². The molecule has 0 aromatic rings. The second-order valence-corrected chi connectivity index (χ2v) is 3.97. The molecule has 74 valence electrons. The zero-order valence-electron chi connectivity index (χ0n) is 8.30. The Morgan fingerprint density at radius 2 is 1.77 bits per heavy atom. The van der Waals surface area contributed by atoms with E-state index in [0.717, 1.165) is 12.8 Å². The number of amides is 1. The maximum absolute atomic E-state index is 11.3. The molecule has 1 saturated carbocycles. The summed E-state index contributed by atoms with van der Waals surface area (Å²) in [5.41, 5.74) is 0. The van der Waals surface area contributed by atoms with E-state index in [2.05, 4.69) is 5.32 Å². The molecule has 0 saturated heterocycles. The highest BCUT2D eigenvalue weighted by molar-refractivity contribution is 6.36. The number of carbonyl (C=O) groups is 2. The molecule has 13 heavy (non-hydrogen) atoms. The maximum atomic E-state index is 11.3. The molecule has 1 amide bonds. The van der Waals surface area contributed by atoms with Gasteiger partial charge >= 0.3 is 0 Å². The topological polar surface area (TPSA) is 46.2 Å². The van der Waals surface area contributed by atoms with Crippen LogP contribution in [-0.2, 0) is 9.59 Å². The van der Waals surface area contributed by atoms with Gasteiger partial charge in [0.2, 0.25) is 5.78 Å². The Morgan fingerprint density at radius 1 is 1.23 bits per heavy atom. The van der Waals surface area contributed by atoms with Gasteiger partial charge in [-0.2, -0.15) is 0 Å². The molecule has 0 spiro atoms. The van der Waals surface area contributed by atoms with Crippen molar-refractivity contribution in [3.05, 3.63) is 0 Å². The fraction of sp³-hybridized carbons (Fsp3) is 0.800. The summed E-state index contributed by atoms with van der Waals surface area (Å²) in [6.45, 7) is 3.49. The smallest absolute Gasteiger partial charge is 0.287 e. The normalized spacial score (nSPS) is 17.8. The molecule has 0 aliphatic heterocycles. The first-order chi connectivity index (χ1) is 6.11. The van der Waals surface area contributed by atoms with Crippen molar-refractivity contribution in [3.63, 3.8) is 0 Å². The van der Waals surface area contributed by atoms with Gasteiger partial charge in [0.1, 0.15) is 0 Å². The number of rotatable bonds is 3. The summed E-state index contributed by atoms with van der Waals surface area (Å²) in [6, 6.07) is 0.246. The van der Waals surface area contributed by atoms with Gasteiger partial charge < -0.3 is 5.32 Å². The second-order valence-electron chi connectivity index (χ2n) is 3.97. The van der Waals surface area contributed by atoms with Crippen molar-refractivity contribution < 1.29 is 9.59 Å². The van der Waals surface area contributed by atoms with Crippen molar-refractivity contribution in [1.29, 1.82) is 0 Å². The van der Waals surface area contributed by atoms with Crippen LogP contribution in [0.15, 0.2) is 0 Å². The molecule has 0 heterocycles. The Morgan fingerprint density at radius 3 is 2.23 bits per heavy atom. The number of hydrogen-bond donors (Lipinski definition) is 1. The van der Waals surface area contributed by atoms with E-state index in [4.69, 9.17) is 0 Å². The van der Waals surface area contributed by atoms with Crippen LogP contribution in [0.25, 0.3) is 0 Å². The Balaban J connectivity index is 2.35. The number of hydrogen-bond acceptors (Lipinski definition) is 2. The molecule has 0 radical (unpaired) electrons. The van der Waals surface area contributed by atoms with Gasteiger partial charge in [-0.3, -0.25) is 9.59 Å². The largest absolute Gasteiger partial charge is 0.347 e. The first-order valence-corrected chi connectivity index (χ1v) is 4.96. The Bertz CT molecular complexity index is 205. The van der Waals surface area contributed by atoms with Crippen molar-refractivity contribution in [3.8, 4) is 0 Å². The van der Waals surface area contributed by atoms with Crippen LogP contribution in [0.2, 0.25) is 0 Å². The maximum Gasteiger partial charge on any atom is 0.287 e. The van der Waals surface area contributed by atoms with Gasteiger partial charge in [-0.1, -0.05) is 26.7 Å². The van der Waals surface area contributed by atoms with Crippen LogP contribution < -0.4 is 5.32 Å². The van der Waals surface area contributed by atoms with Crippen molar-refractivity contribution in [1.82, 2.24) is 5.32 Å². The van der Waals surface area contributed by atoms with Crippen LogP contribution in [0.4, 0.5) is 0 Å². The molecule has 0 atom stereocenters. The van der Waals surface area contributed by atoms with Gasteiger partial charge in [-0.25, -0.2) is 0 Å². The summed E-state index contributed by atoms with van der Waals surface area (Å²) in [4.78, 5) is 22.5. The fourth-order valence-corrected chi connectivity index (χ4v) is 1.59. The van der Waals surface area contributed by atoms with E-state index < -0.39 is 5.91 Å². The van der Waals surface area contributed by atoms with Crippen LogP contribution in [0, 0.1) is 5.92 Å². The Hall–Kier alpha value is -0.860. The summed E-state index contributed by atoms with van der Waals surface area (Å²) < 4.78 is 0. The summed E-state index contributed by atoms with van der Waals surface area (Å²) in [7, 11) is 0. The van der Waals surface area contributed by atoms with Crippen LogP contribution in [-0.4, -0.2) is 17.7 Å². The zero-order valence-corrected chi connectivity index (χ0v) is 8.30. The van der Waals surface area contributed by atoms with Crippen molar-refractivity contribution >= 4 is 11.7 Å². The second kappa shape index (κ2) is 4.40. The third kappa shape index (κ3) is 2.83. The number of Topliss-reactive ketones (excluding diaryl/α,β-unsaturated/α-hetero) is 1. The van der Waals surface area contributed by atoms with Crippen LogP contribution in [0.5, 0.6) is 0 Å². The number of ketones is 1. The summed E-state index contributed by atoms with van der Waals surface area (Å²) in [5.74, 6) is -0.893. The molecular formula is C10H17NO2. The zero-order chi connectivity index (χ0) is 9.84. The standard InChI is InChI=1S/C10H17NO2/c1-7(2)9(12)10(13)11-8-5-3-4-6-8/h7-8H,3-6H2,1-2H3,(H,11,13). The molecule has 0 aromatic heterocycles. The highest BCUT2D eigenvalue weighted by Gasteiger charge is 2.22. The van der Waals surface area contributed by atoms with E-state index in [1.54, 1.807) is 13.8 Å². The minimum Gasteiger partial charge on any atom is -0.347 e. The molecule has 1 aliphatic rings. The lowest BCUT2D eigenvalue weighted by atomic mass is 10.1. The van der Waals surface area contributed by atoms with Gasteiger partial charge in [0, 0.05) is 12.0 Å². The lowest BCUT2D eigenvalue weighted by molar-refractivity contribution is -0.140. The van der Waals surface area contributed by atoms with Gasteiger partial charge in [0.25, 0.3) is 5.91 Å². The van der Waals surface area contributed by atoms with Crippen molar-refractivity contribution in [2.45, 2.75) is 45.6 Å². The van der Waals surface area contributed by atoms with Crippen LogP contribution in [0.3, 0.4) is 0 Å². The number of carbonyl (C=O) groups excluding carboxylic acids is 2. The van der Waals surface area contributed by atoms with E-state index >= 15 is 0 Å². The van der Waals surface area contributed by atoms with Crippen molar-refractivity contribution in [2.24, 2.45) is 5.92 Å². The van der Waals surface area contributed by atoms with Crippen LogP contribution in [0.1, 0.15) is 39.5 Å². The minimum absolute atomic E-state index is 0.193. The van der Waals surface area contributed by atoms with E-state index in [-0.39, 0.29) is 17.7 Å². The van der Waals surface area contributed by atoms with Gasteiger partial charge in [0.05, 0.1) is 0 Å².